The molecule has 0 aliphatic heterocycles. The normalized spacial score (nSPS) is 17.5. The highest BCUT2D eigenvalue weighted by Gasteiger charge is 2.27. The molecule has 156 valence electrons. The number of carbonyl (C=O) groups excluding carboxylic acids is 1. The molecule has 8 nitrogen and oxygen atoms in total. The molecule has 0 radical (unpaired) electrons. The van der Waals surface area contributed by atoms with Gasteiger partial charge in [0.25, 0.3) is 10.0 Å². The number of nitrogens with zero attached hydrogens (tertiary/aromatic N) is 2. The van der Waals surface area contributed by atoms with E-state index in [0.29, 0.717) is 0 Å². The number of benzene rings is 1. The van der Waals surface area contributed by atoms with Crippen molar-refractivity contribution in [2.45, 2.75) is 69.5 Å². The van der Waals surface area contributed by atoms with Gasteiger partial charge in [0.1, 0.15) is 0 Å². The summed E-state index contributed by atoms with van der Waals surface area (Å²) in [5.41, 5.74) is 5.57. The van der Waals surface area contributed by atoms with E-state index >= 15 is 0 Å². The van der Waals surface area contributed by atoms with Gasteiger partial charge in [-0.15, -0.1) is 0 Å². The maximum Gasteiger partial charge on any atom is 0.333 e. The van der Waals surface area contributed by atoms with E-state index in [9.17, 15) is 18.3 Å². The summed E-state index contributed by atoms with van der Waals surface area (Å²) in [6.45, 7) is 3.33. The lowest BCUT2D eigenvalue weighted by Crippen LogP contribution is -2.35. The average Bonchev–Trinajstić information content (AvgIpc) is 3.40. The highest BCUT2D eigenvalue weighted by Crippen LogP contribution is 2.38. The van der Waals surface area contributed by atoms with E-state index in [0.717, 1.165) is 55.3 Å². The number of anilines is 1. The summed E-state index contributed by atoms with van der Waals surface area (Å²) in [4.78, 5) is 12.6. The van der Waals surface area contributed by atoms with Crippen LogP contribution in [0.5, 0.6) is 0 Å². The van der Waals surface area contributed by atoms with Crippen molar-refractivity contribution in [3.8, 4) is 0 Å². The number of urea groups is 1. The molecule has 9 heteroatoms. The van der Waals surface area contributed by atoms with Crippen LogP contribution in [-0.2, 0) is 35.7 Å². The fourth-order valence-electron chi connectivity index (χ4n) is 4.19. The first-order valence-corrected chi connectivity index (χ1v) is 11.5. The van der Waals surface area contributed by atoms with Crippen LogP contribution in [0.25, 0.3) is 0 Å². The van der Waals surface area contributed by atoms with Crippen molar-refractivity contribution in [2.75, 3.05) is 5.32 Å². The van der Waals surface area contributed by atoms with Crippen molar-refractivity contribution in [1.29, 1.82) is 0 Å². The lowest BCUT2D eigenvalue weighted by molar-refractivity contribution is 0.131. The van der Waals surface area contributed by atoms with Crippen molar-refractivity contribution >= 4 is 21.7 Å². The molecule has 2 amide bonds. The quantitative estimate of drug-likeness (QED) is 0.690. The number of aryl methyl sites for hydroxylation is 2. The fraction of sp³-hybridized carbons (Fsp3) is 0.500. The predicted molar refractivity (Wildman–Crippen MR) is 108 cm³/mol. The summed E-state index contributed by atoms with van der Waals surface area (Å²) < 4.78 is 28.6. The fourth-order valence-corrected chi connectivity index (χ4v) is 5.03. The van der Waals surface area contributed by atoms with Crippen LogP contribution in [-0.4, -0.2) is 35.4 Å². The van der Waals surface area contributed by atoms with E-state index in [1.165, 1.54) is 28.1 Å². The Morgan fingerprint density at radius 3 is 2.34 bits per heavy atom. The van der Waals surface area contributed by atoms with Gasteiger partial charge in [-0.3, -0.25) is 4.68 Å². The highest BCUT2D eigenvalue weighted by atomic mass is 32.2. The summed E-state index contributed by atoms with van der Waals surface area (Å²) >= 11 is 0. The molecule has 3 N–H and O–H groups in total. The van der Waals surface area contributed by atoms with Gasteiger partial charge in [-0.25, -0.2) is 9.52 Å². The van der Waals surface area contributed by atoms with Crippen LogP contribution in [0.1, 0.15) is 55.0 Å². The minimum absolute atomic E-state index is 0.260. The molecule has 2 aromatic rings. The number of sulfonamides is 1. The molecule has 0 saturated carbocycles. The Balaban J connectivity index is 1.54. The van der Waals surface area contributed by atoms with Crippen LogP contribution in [0.3, 0.4) is 0 Å². The maximum atomic E-state index is 12.6. The Labute approximate surface area is 170 Å². The molecule has 2 aliphatic rings. The molecule has 1 aromatic heterocycles. The second-order valence-corrected chi connectivity index (χ2v) is 9.54. The molecule has 1 aromatic carbocycles. The average molecular weight is 419 g/mol. The summed E-state index contributed by atoms with van der Waals surface area (Å²) in [5.74, 6) is 0. The van der Waals surface area contributed by atoms with Gasteiger partial charge in [0.05, 0.1) is 12.1 Å². The number of fused-ring (bicyclic) bond motifs is 2. The van der Waals surface area contributed by atoms with Crippen LogP contribution >= 0.6 is 0 Å². The second-order valence-electron chi connectivity index (χ2n) is 7.91. The molecule has 2 unspecified atom stereocenters. The summed E-state index contributed by atoms with van der Waals surface area (Å²) in [6, 6.07) is 2.40. The zero-order valence-electron chi connectivity index (χ0n) is 16.6. The maximum absolute atomic E-state index is 12.6. The van der Waals surface area contributed by atoms with Gasteiger partial charge >= 0.3 is 6.03 Å². The Morgan fingerprint density at radius 1 is 1.14 bits per heavy atom. The Morgan fingerprint density at radius 2 is 1.76 bits per heavy atom. The molecule has 2 aliphatic carbocycles. The summed E-state index contributed by atoms with van der Waals surface area (Å²) in [7, 11) is -4.12. The van der Waals surface area contributed by atoms with E-state index in [2.05, 4.69) is 21.2 Å². The van der Waals surface area contributed by atoms with Gasteiger partial charge in [-0.1, -0.05) is 6.07 Å². The van der Waals surface area contributed by atoms with E-state index in [-0.39, 0.29) is 11.1 Å². The van der Waals surface area contributed by atoms with E-state index in [1.807, 2.05) is 0 Å². The number of hydrogen-bond acceptors (Lipinski definition) is 5. The van der Waals surface area contributed by atoms with Crippen molar-refractivity contribution < 1.29 is 18.3 Å². The molecule has 0 bridgehead atoms. The van der Waals surface area contributed by atoms with Crippen LogP contribution in [0, 0.1) is 0 Å². The third-order valence-corrected chi connectivity index (χ3v) is 7.14. The van der Waals surface area contributed by atoms with Crippen LogP contribution in [0.4, 0.5) is 10.5 Å². The first-order valence-electron chi connectivity index (χ1n) is 10.00. The van der Waals surface area contributed by atoms with E-state index < -0.39 is 22.2 Å². The molecule has 0 fully saturated rings. The zero-order chi connectivity index (χ0) is 20.8. The van der Waals surface area contributed by atoms with Gasteiger partial charge in [0.15, 0.2) is 5.03 Å². The van der Waals surface area contributed by atoms with Crippen molar-refractivity contribution in [3.63, 3.8) is 0 Å². The molecule has 0 saturated heterocycles. The van der Waals surface area contributed by atoms with Crippen molar-refractivity contribution in [1.82, 2.24) is 14.5 Å². The predicted octanol–water partition coefficient (Wildman–Crippen LogP) is 2.31. The third kappa shape index (κ3) is 3.76. The van der Waals surface area contributed by atoms with E-state index in [1.54, 1.807) is 13.8 Å². The number of hydrogen-bond donors (Lipinski definition) is 3. The smallest absolute Gasteiger partial charge is 0.333 e. The van der Waals surface area contributed by atoms with Gasteiger partial charge < -0.3 is 10.4 Å². The lowest BCUT2D eigenvalue weighted by Gasteiger charge is -2.16. The number of aliphatic hydroxyl groups excluding tert-OH is 1. The lowest BCUT2D eigenvalue weighted by atomic mass is 9.99. The second kappa shape index (κ2) is 7.46. The molecular weight excluding hydrogens is 392 g/mol. The van der Waals surface area contributed by atoms with E-state index in [4.69, 9.17) is 0 Å². The summed E-state index contributed by atoms with van der Waals surface area (Å²) in [5, 5.41) is 16.2. The van der Waals surface area contributed by atoms with Gasteiger partial charge in [-0.2, -0.15) is 13.5 Å². The number of nitrogens with one attached hydrogen (secondary N) is 2. The van der Waals surface area contributed by atoms with Gasteiger partial charge in [0, 0.05) is 11.9 Å². The Hall–Kier alpha value is -2.39. The third-order valence-electron chi connectivity index (χ3n) is 5.91. The first-order chi connectivity index (χ1) is 13.8. The molecule has 2 atom stereocenters. The SMILES string of the molecule is CC(O)C(C)n1ccc(S(=O)(=O)NC(=O)Nc2c3c(cc4c2CCC4)CCC3)n1. The monoisotopic (exact) mass is 418 g/mol. The largest absolute Gasteiger partial charge is 0.391 e. The molecule has 0 spiro atoms. The molecule has 1 heterocycles. The Bertz CT molecular complexity index is 1030. The minimum Gasteiger partial charge on any atom is -0.391 e. The van der Waals surface area contributed by atoms with Crippen LogP contribution in [0.15, 0.2) is 23.4 Å². The minimum atomic E-state index is -4.12. The van der Waals surface area contributed by atoms with Gasteiger partial charge in [0.2, 0.25) is 0 Å². The van der Waals surface area contributed by atoms with Crippen molar-refractivity contribution in [3.05, 3.63) is 40.6 Å². The Kier molecular flexibility index (Phi) is 5.12. The number of amides is 2. The van der Waals surface area contributed by atoms with Crippen molar-refractivity contribution in [2.24, 2.45) is 0 Å². The summed E-state index contributed by atoms with van der Waals surface area (Å²) in [6.07, 6.45) is 6.66. The standard InChI is InChI=1S/C20H26N4O4S/c1-12(13(2)25)24-10-9-18(22-24)29(27,28)23-20(26)21-19-16-7-3-5-14(16)11-15-6-4-8-17(15)19/h9-13,25H,3-8H2,1-2H3,(H2,21,23,26). The molecule has 29 heavy (non-hydrogen) atoms. The number of rotatable bonds is 5. The first kappa shape index (κ1) is 19.9. The van der Waals surface area contributed by atoms with Crippen LogP contribution in [0.2, 0.25) is 0 Å². The van der Waals surface area contributed by atoms with Gasteiger partial charge in [-0.05, 0) is 80.7 Å². The number of aromatic nitrogens is 2. The number of aliphatic hydroxyl groups is 1. The highest BCUT2D eigenvalue weighted by molar-refractivity contribution is 7.90. The molecule has 4 rings (SSSR count). The zero-order valence-corrected chi connectivity index (χ0v) is 17.4. The topological polar surface area (TPSA) is 113 Å². The van der Waals surface area contributed by atoms with Crippen LogP contribution < -0.4 is 10.0 Å². The molecular formula is C20H26N4O4S. The number of carbonyl (C=O) groups is 1.